The number of aliphatic hydroxyl groups excluding tert-OH is 1. The number of methoxy groups -OCH3 is 1. The monoisotopic (exact) mass is 533 g/mol. The molecule has 208 valence electrons. The molecule has 0 fully saturated rings. The molecule has 0 aliphatic heterocycles. The number of nitrogens with zero attached hydrogens (tertiary/aromatic N) is 2. The van der Waals surface area contributed by atoms with Gasteiger partial charge in [-0.3, -0.25) is 15.6 Å². The summed E-state index contributed by atoms with van der Waals surface area (Å²) < 4.78 is 4.71. The summed E-state index contributed by atoms with van der Waals surface area (Å²) in [4.78, 5) is 29.6. The normalized spacial score (nSPS) is 13.8. The SMILES string of the molecule is COC(=O)N[C@H](C(=O)N[C@@H](Cc1ccccc1)[C@@H](O)CN(N)Cc1ccc(-c2ccccn2)cc1)C(C)(C)C. The van der Waals surface area contributed by atoms with E-state index < -0.39 is 35.6 Å². The number of ether oxygens (including phenoxy) is 1. The standard InChI is InChI=1S/C30H39N5O4/c1-30(2,3)27(34-29(38)39-4)28(37)33-25(18-21-10-6-5-7-11-21)26(36)20-35(31)19-22-13-15-23(16-14-22)24-12-8-9-17-32-24/h5-17,25-27,36H,18-20,31H2,1-4H3,(H,33,37)(H,34,38)/t25-,26-,27+/m0/s1. The van der Waals surface area contributed by atoms with Crippen LogP contribution >= 0.6 is 0 Å². The van der Waals surface area contributed by atoms with Crippen molar-refractivity contribution in [3.8, 4) is 11.3 Å². The highest BCUT2D eigenvalue weighted by Gasteiger charge is 2.35. The van der Waals surface area contributed by atoms with E-state index in [2.05, 4.69) is 15.6 Å². The van der Waals surface area contributed by atoms with E-state index in [0.717, 1.165) is 22.4 Å². The predicted molar refractivity (Wildman–Crippen MR) is 151 cm³/mol. The topological polar surface area (TPSA) is 130 Å². The van der Waals surface area contributed by atoms with Gasteiger partial charge in [0.1, 0.15) is 6.04 Å². The van der Waals surface area contributed by atoms with Crippen molar-refractivity contribution in [2.45, 2.75) is 51.9 Å². The van der Waals surface area contributed by atoms with E-state index in [-0.39, 0.29) is 6.54 Å². The van der Waals surface area contributed by atoms with Gasteiger partial charge in [-0.05, 0) is 35.1 Å². The molecule has 9 nitrogen and oxygen atoms in total. The molecule has 0 aliphatic rings. The average Bonchev–Trinajstić information content (AvgIpc) is 2.91. The van der Waals surface area contributed by atoms with Gasteiger partial charge in [0.15, 0.2) is 0 Å². The number of pyridine rings is 1. The van der Waals surface area contributed by atoms with Crippen LogP contribution in [-0.4, -0.2) is 58.9 Å². The molecule has 3 rings (SSSR count). The molecule has 2 amide bonds. The molecule has 1 aromatic heterocycles. The van der Waals surface area contributed by atoms with Crippen LogP contribution in [-0.2, 0) is 22.5 Å². The molecule has 0 radical (unpaired) electrons. The van der Waals surface area contributed by atoms with Gasteiger partial charge in [-0.15, -0.1) is 0 Å². The zero-order valence-corrected chi connectivity index (χ0v) is 23.0. The van der Waals surface area contributed by atoms with E-state index in [0.29, 0.717) is 13.0 Å². The number of carbonyl (C=O) groups is 2. The zero-order chi connectivity index (χ0) is 28.4. The first kappa shape index (κ1) is 29.8. The van der Waals surface area contributed by atoms with Crippen molar-refractivity contribution in [2.24, 2.45) is 11.3 Å². The molecule has 39 heavy (non-hydrogen) atoms. The van der Waals surface area contributed by atoms with Crippen LogP contribution in [0.1, 0.15) is 31.9 Å². The summed E-state index contributed by atoms with van der Waals surface area (Å²) in [6, 6.07) is 21.8. The van der Waals surface area contributed by atoms with Crippen LogP contribution in [0.25, 0.3) is 11.3 Å². The fourth-order valence-corrected chi connectivity index (χ4v) is 4.25. The second-order valence-corrected chi connectivity index (χ2v) is 10.6. The largest absolute Gasteiger partial charge is 0.453 e. The first-order chi connectivity index (χ1) is 18.6. The molecule has 1 heterocycles. The van der Waals surface area contributed by atoms with Crippen molar-refractivity contribution in [2.75, 3.05) is 13.7 Å². The zero-order valence-electron chi connectivity index (χ0n) is 23.0. The Morgan fingerprint density at radius 3 is 2.23 bits per heavy atom. The Kier molecular flexibility index (Phi) is 10.6. The van der Waals surface area contributed by atoms with Crippen LogP contribution in [0.4, 0.5) is 4.79 Å². The summed E-state index contributed by atoms with van der Waals surface area (Å²) >= 11 is 0. The van der Waals surface area contributed by atoms with Crippen molar-refractivity contribution in [1.29, 1.82) is 0 Å². The summed E-state index contributed by atoms with van der Waals surface area (Å²) in [7, 11) is 1.25. The highest BCUT2D eigenvalue weighted by atomic mass is 16.5. The third kappa shape index (κ3) is 9.17. The minimum Gasteiger partial charge on any atom is -0.453 e. The molecule has 0 unspecified atom stereocenters. The molecule has 0 spiro atoms. The lowest BCUT2D eigenvalue weighted by molar-refractivity contribution is -0.127. The Hall–Kier alpha value is -3.79. The number of amides is 2. The van der Waals surface area contributed by atoms with E-state index in [4.69, 9.17) is 10.6 Å². The molecule has 0 saturated heterocycles. The maximum absolute atomic E-state index is 13.3. The first-order valence-electron chi connectivity index (χ1n) is 12.9. The third-order valence-electron chi connectivity index (χ3n) is 6.39. The maximum Gasteiger partial charge on any atom is 0.407 e. The second kappa shape index (κ2) is 13.8. The van der Waals surface area contributed by atoms with Crippen LogP contribution in [0.3, 0.4) is 0 Å². The van der Waals surface area contributed by atoms with Crippen LogP contribution < -0.4 is 16.5 Å². The molecule has 0 bridgehead atoms. The van der Waals surface area contributed by atoms with E-state index in [1.807, 2.05) is 93.6 Å². The van der Waals surface area contributed by atoms with Crippen molar-refractivity contribution < 1.29 is 19.4 Å². The van der Waals surface area contributed by atoms with Gasteiger partial charge >= 0.3 is 6.09 Å². The predicted octanol–water partition coefficient (Wildman–Crippen LogP) is 3.28. The van der Waals surface area contributed by atoms with Gasteiger partial charge in [0.25, 0.3) is 0 Å². The number of hydrogen-bond donors (Lipinski definition) is 4. The molecule has 9 heteroatoms. The summed E-state index contributed by atoms with van der Waals surface area (Å²) in [5.74, 6) is 5.89. The Labute approximate surface area is 230 Å². The van der Waals surface area contributed by atoms with Crippen LogP contribution in [0.5, 0.6) is 0 Å². The van der Waals surface area contributed by atoms with Gasteiger partial charge in [-0.1, -0.05) is 81.4 Å². The fourth-order valence-electron chi connectivity index (χ4n) is 4.25. The van der Waals surface area contributed by atoms with E-state index in [1.165, 1.54) is 12.1 Å². The van der Waals surface area contributed by atoms with Gasteiger partial charge in [0.2, 0.25) is 5.91 Å². The van der Waals surface area contributed by atoms with Gasteiger partial charge in [0.05, 0.1) is 24.9 Å². The molecule has 0 saturated carbocycles. The number of hydrogen-bond acceptors (Lipinski definition) is 7. The second-order valence-electron chi connectivity index (χ2n) is 10.6. The minimum atomic E-state index is -0.981. The van der Waals surface area contributed by atoms with E-state index in [9.17, 15) is 14.7 Å². The summed E-state index contributed by atoms with van der Waals surface area (Å²) in [6.07, 6.45) is 0.458. The van der Waals surface area contributed by atoms with Gasteiger partial charge in [0, 0.05) is 24.8 Å². The lowest BCUT2D eigenvalue weighted by Crippen LogP contribution is -2.58. The number of aromatic nitrogens is 1. The highest BCUT2D eigenvalue weighted by molar-refractivity contribution is 5.86. The number of hydrazine groups is 1. The van der Waals surface area contributed by atoms with Gasteiger partial charge in [-0.25, -0.2) is 9.80 Å². The Morgan fingerprint density at radius 1 is 0.974 bits per heavy atom. The number of rotatable bonds is 11. The average molecular weight is 534 g/mol. The van der Waals surface area contributed by atoms with Crippen molar-refractivity contribution >= 4 is 12.0 Å². The molecule has 3 atom stereocenters. The number of carbonyl (C=O) groups excluding carboxylic acids is 2. The lowest BCUT2D eigenvalue weighted by Gasteiger charge is -2.33. The Morgan fingerprint density at radius 2 is 1.64 bits per heavy atom. The fraction of sp³-hybridized carbons (Fsp3) is 0.367. The lowest BCUT2D eigenvalue weighted by atomic mass is 9.85. The van der Waals surface area contributed by atoms with Gasteiger partial charge in [-0.2, -0.15) is 0 Å². The van der Waals surface area contributed by atoms with E-state index in [1.54, 1.807) is 6.20 Å². The molecule has 0 aliphatic carbocycles. The summed E-state index contributed by atoms with van der Waals surface area (Å²) in [6.45, 7) is 6.05. The minimum absolute atomic E-state index is 0.115. The summed E-state index contributed by atoms with van der Waals surface area (Å²) in [5.41, 5.74) is 3.22. The molecule has 5 N–H and O–H groups in total. The number of alkyl carbamates (subject to hydrolysis) is 1. The van der Waals surface area contributed by atoms with Crippen molar-refractivity contribution in [3.63, 3.8) is 0 Å². The number of nitrogens with one attached hydrogen (secondary N) is 2. The summed E-state index contributed by atoms with van der Waals surface area (Å²) in [5, 5.41) is 18.3. The van der Waals surface area contributed by atoms with E-state index >= 15 is 0 Å². The number of benzene rings is 2. The number of aliphatic hydroxyl groups is 1. The molecule has 3 aromatic rings. The first-order valence-corrected chi connectivity index (χ1v) is 12.9. The quantitative estimate of drug-likeness (QED) is 0.220. The smallest absolute Gasteiger partial charge is 0.407 e. The Balaban J connectivity index is 1.70. The third-order valence-corrected chi connectivity index (χ3v) is 6.39. The van der Waals surface area contributed by atoms with Crippen LogP contribution in [0, 0.1) is 5.41 Å². The highest BCUT2D eigenvalue weighted by Crippen LogP contribution is 2.21. The number of nitrogens with two attached hydrogens (primary N) is 1. The molecular weight excluding hydrogens is 494 g/mol. The van der Waals surface area contributed by atoms with Crippen LogP contribution in [0.2, 0.25) is 0 Å². The Bertz CT molecular complexity index is 1180. The van der Waals surface area contributed by atoms with Gasteiger partial charge < -0.3 is 20.5 Å². The van der Waals surface area contributed by atoms with Crippen molar-refractivity contribution in [3.05, 3.63) is 90.1 Å². The molecular formula is C30H39N5O4. The molecule has 2 aromatic carbocycles. The van der Waals surface area contributed by atoms with Crippen LogP contribution in [0.15, 0.2) is 79.0 Å². The maximum atomic E-state index is 13.3. The van der Waals surface area contributed by atoms with Crippen molar-refractivity contribution in [1.82, 2.24) is 20.6 Å².